The second kappa shape index (κ2) is 13.2. The number of likely N-dealkylation sites (tertiary alicyclic amines) is 1. The molecule has 2 fully saturated rings. The van der Waals surface area contributed by atoms with E-state index in [2.05, 4.69) is 29.6 Å². The van der Waals surface area contributed by atoms with E-state index in [1.54, 1.807) is 26.8 Å². The molecule has 224 valence electrons. The van der Waals surface area contributed by atoms with Crippen molar-refractivity contribution in [1.29, 1.82) is 0 Å². The van der Waals surface area contributed by atoms with Crippen LogP contribution in [0.2, 0.25) is 0 Å². The minimum Gasteiger partial charge on any atom is -0.485 e. The number of nitrogens with zero attached hydrogens (tertiary/aromatic N) is 1. The molecule has 9 heteroatoms. The first-order chi connectivity index (χ1) is 19.5. The highest BCUT2D eigenvalue weighted by atomic mass is 19.2. The van der Waals surface area contributed by atoms with Crippen LogP contribution in [0.5, 0.6) is 5.75 Å². The summed E-state index contributed by atoms with van der Waals surface area (Å²) in [5.41, 5.74) is 2.62. The number of hydrogen-bond donors (Lipinski definition) is 1. The van der Waals surface area contributed by atoms with Crippen molar-refractivity contribution < 1.29 is 32.6 Å². The van der Waals surface area contributed by atoms with Crippen molar-refractivity contribution in [3.05, 3.63) is 64.7 Å². The Labute approximate surface area is 241 Å². The number of halogens is 2. The van der Waals surface area contributed by atoms with Crippen molar-refractivity contribution in [2.45, 2.75) is 89.5 Å². The Morgan fingerprint density at radius 3 is 2.44 bits per heavy atom. The largest absolute Gasteiger partial charge is 0.485 e. The zero-order valence-electron chi connectivity index (χ0n) is 24.7. The standard InChI is InChI=1S/C32H42F2N2O5/c1-32(2,3)41-31(38)36-19-24(17-27(36)30(37)39-5)40-28-16-21(15-26(33)29(28)34)14-20-10-12-22(13-11-20)25-9-7-6-8-23(25)18-35-4/h6-9,15-16,20,22,24,27,35H,10-14,17-19H2,1-5H3/t20-,22-,24-,27-/m0/s1. The molecule has 41 heavy (non-hydrogen) atoms. The first kappa shape index (κ1) is 30.8. The molecule has 0 aromatic heterocycles. The van der Waals surface area contributed by atoms with E-state index >= 15 is 0 Å². The van der Waals surface area contributed by atoms with Gasteiger partial charge in [-0.25, -0.2) is 14.0 Å². The molecule has 1 aliphatic carbocycles. The van der Waals surface area contributed by atoms with Gasteiger partial charge in [-0.05, 0) is 101 Å². The van der Waals surface area contributed by atoms with Crippen molar-refractivity contribution >= 4 is 12.1 Å². The van der Waals surface area contributed by atoms with Crippen molar-refractivity contribution in [3.8, 4) is 5.75 Å². The third-order valence-corrected chi connectivity index (χ3v) is 7.95. The van der Waals surface area contributed by atoms with Crippen LogP contribution in [0.15, 0.2) is 36.4 Å². The molecule has 2 aliphatic rings. The highest BCUT2D eigenvalue weighted by Gasteiger charge is 2.43. The van der Waals surface area contributed by atoms with Gasteiger partial charge in [-0.2, -0.15) is 4.39 Å². The third-order valence-electron chi connectivity index (χ3n) is 7.95. The van der Waals surface area contributed by atoms with Gasteiger partial charge >= 0.3 is 12.1 Å². The summed E-state index contributed by atoms with van der Waals surface area (Å²) in [6, 6.07) is 10.4. The Morgan fingerprint density at radius 1 is 1.07 bits per heavy atom. The molecule has 1 N–H and O–H groups in total. The van der Waals surface area contributed by atoms with E-state index in [9.17, 15) is 18.4 Å². The average molecular weight is 573 g/mol. The molecule has 7 nitrogen and oxygen atoms in total. The van der Waals surface area contributed by atoms with Gasteiger partial charge in [-0.15, -0.1) is 0 Å². The minimum atomic E-state index is -1.08. The topological polar surface area (TPSA) is 77.1 Å². The van der Waals surface area contributed by atoms with Crippen LogP contribution in [0.4, 0.5) is 13.6 Å². The second-order valence-corrected chi connectivity index (χ2v) is 12.2. The Bertz CT molecular complexity index is 1220. The van der Waals surface area contributed by atoms with E-state index in [0.717, 1.165) is 32.2 Å². The van der Waals surface area contributed by atoms with Gasteiger partial charge in [0.1, 0.15) is 17.7 Å². The van der Waals surface area contributed by atoms with Gasteiger partial charge in [0.15, 0.2) is 11.6 Å². The van der Waals surface area contributed by atoms with E-state index in [4.69, 9.17) is 14.2 Å². The third kappa shape index (κ3) is 7.76. The fourth-order valence-corrected chi connectivity index (χ4v) is 6.06. The fourth-order valence-electron chi connectivity index (χ4n) is 6.06. The lowest BCUT2D eigenvalue weighted by atomic mass is 9.75. The number of ether oxygens (including phenoxy) is 3. The van der Waals surface area contributed by atoms with Crippen LogP contribution in [0, 0.1) is 17.6 Å². The van der Waals surface area contributed by atoms with E-state index in [1.807, 2.05) is 7.05 Å². The molecular weight excluding hydrogens is 530 g/mol. The number of carbonyl (C=O) groups excluding carboxylic acids is 2. The van der Waals surface area contributed by atoms with E-state index in [0.29, 0.717) is 23.8 Å². The van der Waals surface area contributed by atoms with E-state index in [-0.39, 0.29) is 18.7 Å². The summed E-state index contributed by atoms with van der Waals surface area (Å²) in [4.78, 5) is 26.4. The van der Waals surface area contributed by atoms with Gasteiger partial charge in [-0.1, -0.05) is 24.3 Å². The highest BCUT2D eigenvalue weighted by molar-refractivity contribution is 5.82. The van der Waals surface area contributed by atoms with Crippen LogP contribution in [-0.4, -0.2) is 55.4 Å². The number of carbonyl (C=O) groups is 2. The SMILES string of the molecule is CNCc1ccccc1[C@H]1CC[C@H](Cc2cc(F)c(F)c(O[C@H]3C[C@@H](C(=O)OC)N(C(=O)OC(C)(C)C)C3)c2)CC1. The maximum absolute atomic E-state index is 14.9. The number of esters is 1. The smallest absolute Gasteiger partial charge is 0.411 e. The van der Waals surface area contributed by atoms with Crippen LogP contribution in [0.3, 0.4) is 0 Å². The number of benzene rings is 2. The molecule has 2 atom stereocenters. The molecule has 0 spiro atoms. The highest BCUT2D eigenvalue weighted by Crippen LogP contribution is 2.39. The molecule has 0 radical (unpaired) electrons. The second-order valence-electron chi connectivity index (χ2n) is 12.2. The molecule has 1 saturated carbocycles. The fraction of sp³-hybridized carbons (Fsp3) is 0.562. The maximum atomic E-state index is 14.9. The molecule has 1 saturated heterocycles. The van der Waals surface area contributed by atoms with Gasteiger partial charge in [-0.3, -0.25) is 4.90 Å². The Hall–Kier alpha value is -3.20. The van der Waals surface area contributed by atoms with Gasteiger partial charge < -0.3 is 19.5 Å². The first-order valence-corrected chi connectivity index (χ1v) is 14.4. The lowest BCUT2D eigenvalue weighted by molar-refractivity contribution is -0.145. The first-order valence-electron chi connectivity index (χ1n) is 14.4. The predicted octanol–water partition coefficient (Wildman–Crippen LogP) is 6.13. The summed E-state index contributed by atoms with van der Waals surface area (Å²) in [6.45, 7) is 5.99. The monoisotopic (exact) mass is 572 g/mol. The maximum Gasteiger partial charge on any atom is 0.411 e. The molecule has 1 aliphatic heterocycles. The molecule has 4 rings (SSSR count). The van der Waals surface area contributed by atoms with Crippen LogP contribution in [0.1, 0.15) is 75.5 Å². The number of nitrogens with one attached hydrogen (secondary N) is 1. The van der Waals surface area contributed by atoms with Gasteiger partial charge in [0.05, 0.1) is 13.7 Å². The Kier molecular flexibility index (Phi) is 9.89. The summed E-state index contributed by atoms with van der Waals surface area (Å²) in [5, 5.41) is 3.25. The van der Waals surface area contributed by atoms with Gasteiger partial charge in [0.2, 0.25) is 5.82 Å². The average Bonchev–Trinajstić information content (AvgIpc) is 3.35. The lowest BCUT2D eigenvalue weighted by Gasteiger charge is -2.30. The summed E-state index contributed by atoms with van der Waals surface area (Å²) in [6.07, 6.45) is 3.39. The number of methoxy groups -OCH3 is 1. The van der Waals surface area contributed by atoms with Crippen LogP contribution < -0.4 is 10.1 Å². The normalized spacial score (nSPS) is 22.9. The van der Waals surface area contributed by atoms with E-state index < -0.39 is 41.4 Å². The van der Waals surface area contributed by atoms with Gasteiger partial charge in [0.25, 0.3) is 0 Å². The molecule has 0 bridgehead atoms. The lowest BCUT2D eigenvalue weighted by Crippen LogP contribution is -2.44. The summed E-state index contributed by atoms with van der Waals surface area (Å²) >= 11 is 0. The quantitative estimate of drug-likeness (QED) is 0.384. The molecule has 1 amide bonds. The summed E-state index contributed by atoms with van der Waals surface area (Å²) in [5.74, 6) is -2.03. The number of hydrogen-bond acceptors (Lipinski definition) is 6. The summed E-state index contributed by atoms with van der Waals surface area (Å²) < 4.78 is 45.7. The Balaban J connectivity index is 1.42. The van der Waals surface area contributed by atoms with E-state index in [1.165, 1.54) is 29.2 Å². The zero-order valence-corrected chi connectivity index (χ0v) is 24.7. The van der Waals surface area contributed by atoms with Crippen molar-refractivity contribution in [2.24, 2.45) is 5.92 Å². The number of rotatable bonds is 8. The molecule has 0 unspecified atom stereocenters. The molecule has 1 heterocycles. The van der Waals surface area contributed by atoms with Crippen LogP contribution >= 0.6 is 0 Å². The van der Waals surface area contributed by atoms with Crippen molar-refractivity contribution in [3.63, 3.8) is 0 Å². The number of amides is 1. The van der Waals surface area contributed by atoms with Gasteiger partial charge in [0, 0.05) is 13.0 Å². The van der Waals surface area contributed by atoms with Crippen LogP contribution in [-0.2, 0) is 27.2 Å². The summed E-state index contributed by atoms with van der Waals surface area (Å²) in [7, 11) is 3.19. The predicted molar refractivity (Wildman–Crippen MR) is 152 cm³/mol. The molecule has 2 aromatic carbocycles. The minimum absolute atomic E-state index is 0.0149. The zero-order chi connectivity index (χ0) is 29.7. The van der Waals surface area contributed by atoms with Crippen LogP contribution in [0.25, 0.3) is 0 Å². The Morgan fingerprint density at radius 2 is 1.78 bits per heavy atom. The molecular formula is C32H42F2N2O5. The molecule has 2 aromatic rings. The van der Waals surface area contributed by atoms with Crippen molar-refractivity contribution in [2.75, 3.05) is 20.7 Å². The van der Waals surface area contributed by atoms with Crippen molar-refractivity contribution in [1.82, 2.24) is 10.2 Å².